The Labute approximate surface area is 171 Å². The Balaban J connectivity index is 1.40. The molecule has 6 nitrogen and oxygen atoms in total. The predicted octanol–water partition coefficient (Wildman–Crippen LogP) is 4.29. The third kappa shape index (κ3) is 4.65. The van der Waals surface area contributed by atoms with Gasteiger partial charge in [0.2, 0.25) is 5.95 Å². The van der Waals surface area contributed by atoms with Crippen LogP contribution in [0.5, 0.6) is 0 Å². The molecule has 2 N–H and O–H groups in total. The van der Waals surface area contributed by atoms with Crippen LogP contribution in [-0.4, -0.2) is 47.1 Å². The van der Waals surface area contributed by atoms with E-state index in [0.29, 0.717) is 12.0 Å². The fourth-order valence-corrected chi connectivity index (χ4v) is 3.81. The van der Waals surface area contributed by atoms with Gasteiger partial charge in [-0.05, 0) is 48.6 Å². The summed E-state index contributed by atoms with van der Waals surface area (Å²) in [5.74, 6) is 0.663. The van der Waals surface area contributed by atoms with Gasteiger partial charge in [-0.1, -0.05) is 36.4 Å². The van der Waals surface area contributed by atoms with Gasteiger partial charge in [0.15, 0.2) is 0 Å². The van der Waals surface area contributed by atoms with Gasteiger partial charge in [-0.2, -0.15) is 0 Å². The van der Waals surface area contributed by atoms with Gasteiger partial charge in [-0.25, -0.2) is 14.8 Å². The number of hydrogen-bond donors (Lipinski definition) is 2. The molecule has 1 heterocycles. The number of urea groups is 1. The van der Waals surface area contributed by atoms with E-state index < -0.39 is 0 Å². The molecule has 6 heteroatoms. The van der Waals surface area contributed by atoms with E-state index in [4.69, 9.17) is 4.98 Å². The van der Waals surface area contributed by atoms with Gasteiger partial charge >= 0.3 is 6.03 Å². The molecule has 0 spiro atoms. The van der Waals surface area contributed by atoms with Crippen molar-refractivity contribution in [1.82, 2.24) is 20.2 Å². The van der Waals surface area contributed by atoms with Gasteiger partial charge in [0.1, 0.15) is 0 Å². The van der Waals surface area contributed by atoms with Gasteiger partial charge in [-0.15, -0.1) is 0 Å². The lowest BCUT2D eigenvalue weighted by Gasteiger charge is -2.30. The Morgan fingerprint density at radius 3 is 2.45 bits per heavy atom. The third-order valence-electron chi connectivity index (χ3n) is 5.49. The lowest BCUT2D eigenvalue weighted by atomic mass is 9.91. The van der Waals surface area contributed by atoms with E-state index in [1.165, 1.54) is 10.8 Å². The first-order valence-corrected chi connectivity index (χ1v) is 10.1. The van der Waals surface area contributed by atoms with Crippen molar-refractivity contribution in [2.24, 2.45) is 0 Å². The maximum atomic E-state index is 11.8. The number of nitrogens with one attached hydrogen (secondary N) is 2. The second kappa shape index (κ2) is 8.47. The second-order valence-electron chi connectivity index (χ2n) is 7.86. The molecule has 29 heavy (non-hydrogen) atoms. The van der Waals surface area contributed by atoms with E-state index in [9.17, 15) is 4.79 Å². The van der Waals surface area contributed by atoms with Crippen LogP contribution in [0.2, 0.25) is 0 Å². The molecule has 1 saturated carbocycles. The van der Waals surface area contributed by atoms with E-state index in [-0.39, 0.29) is 12.1 Å². The van der Waals surface area contributed by atoms with Crippen molar-refractivity contribution in [3.05, 3.63) is 54.7 Å². The molecule has 150 valence electrons. The van der Waals surface area contributed by atoms with Gasteiger partial charge in [0.05, 0.1) is 5.69 Å². The number of benzene rings is 2. The van der Waals surface area contributed by atoms with Crippen LogP contribution in [0, 0.1) is 0 Å². The number of anilines is 1. The Bertz CT molecular complexity index is 995. The smallest absolute Gasteiger partial charge is 0.317 e. The van der Waals surface area contributed by atoms with E-state index >= 15 is 0 Å². The Morgan fingerprint density at radius 1 is 0.966 bits per heavy atom. The van der Waals surface area contributed by atoms with Crippen LogP contribution in [0.4, 0.5) is 10.7 Å². The summed E-state index contributed by atoms with van der Waals surface area (Å²) >= 11 is 0. The number of rotatable bonds is 4. The highest BCUT2D eigenvalue weighted by Gasteiger charge is 2.23. The van der Waals surface area contributed by atoms with Gasteiger partial charge in [0, 0.05) is 37.9 Å². The summed E-state index contributed by atoms with van der Waals surface area (Å²) in [4.78, 5) is 22.5. The maximum absolute atomic E-state index is 11.8. The second-order valence-corrected chi connectivity index (χ2v) is 7.86. The topological polar surface area (TPSA) is 70.2 Å². The van der Waals surface area contributed by atoms with Crippen LogP contribution >= 0.6 is 0 Å². The number of carbonyl (C=O) groups is 1. The minimum atomic E-state index is -0.0205. The number of carbonyl (C=O) groups excluding carboxylic acids is 1. The maximum Gasteiger partial charge on any atom is 0.317 e. The molecule has 0 saturated heterocycles. The molecule has 0 aliphatic heterocycles. The molecule has 0 unspecified atom stereocenters. The summed E-state index contributed by atoms with van der Waals surface area (Å²) in [5.41, 5.74) is 2.00. The molecule has 0 atom stereocenters. The van der Waals surface area contributed by atoms with Crippen molar-refractivity contribution in [3.63, 3.8) is 0 Å². The lowest BCUT2D eigenvalue weighted by molar-refractivity contribution is 0.208. The zero-order chi connectivity index (χ0) is 20.2. The number of hydrogen-bond acceptors (Lipinski definition) is 4. The molecular weight excluding hydrogens is 362 g/mol. The fraction of sp³-hybridized carbons (Fsp3) is 0.348. The third-order valence-corrected chi connectivity index (χ3v) is 5.49. The highest BCUT2D eigenvalue weighted by molar-refractivity contribution is 5.86. The predicted molar refractivity (Wildman–Crippen MR) is 117 cm³/mol. The molecule has 0 radical (unpaired) electrons. The van der Waals surface area contributed by atoms with Crippen molar-refractivity contribution in [1.29, 1.82) is 0 Å². The monoisotopic (exact) mass is 389 g/mol. The molecule has 2 amide bonds. The van der Waals surface area contributed by atoms with E-state index in [1.807, 2.05) is 12.3 Å². The first kappa shape index (κ1) is 19.2. The van der Waals surface area contributed by atoms with Crippen LogP contribution in [-0.2, 0) is 0 Å². The largest absolute Gasteiger partial charge is 0.351 e. The molecule has 0 bridgehead atoms. The first-order chi connectivity index (χ1) is 14.1. The van der Waals surface area contributed by atoms with Crippen LogP contribution in [0.1, 0.15) is 25.7 Å². The summed E-state index contributed by atoms with van der Waals surface area (Å²) in [6, 6.07) is 17.2. The molecular formula is C23H27N5O. The standard InChI is InChI=1S/C23H27N5O/c1-28(2)23(29)26-20-11-9-19(10-12-20)25-22-24-14-13-21(27-22)18-8-7-16-5-3-4-6-17(16)15-18/h3-8,13-15,19-20H,9-12H2,1-2H3,(H,26,29)(H,24,25,27). The molecule has 2 aromatic carbocycles. The van der Waals surface area contributed by atoms with Gasteiger partial charge in [-0.3, -0.25) is 0 Å². The first-order valence-electron chi connectivity index (χ1n) is 10.1. The Morgan fingerprint density at radius 2 is 1.69 bits per heavy atom. The van der Waals surface area contributed by atoms with Crippen molar-refractivity contribution >= 4 is 22.8 Å². The number of nitrogens with zero attached hydrogens (tertiary/aromatic N) is 3. The molecule has 3 aromatic rings. The zero-order valence-electron chi connectivity index (χ0n) is 16.9. The number of fused-ring (bicyclic) bond motifs is 1. The molecule has 1 aromatic heterocycles. The highest BCUT2D eigenvalue weighted by Crippen LogP contribution is 2.25. The van der Waals surface area contributed by atoms with Gasteiger partial charge in [0.25, 0.3) is 0 Å². The normalized spacial score (nSPS) is 19.0. The van der Waals surface area contributed by atoms with E-state index in [1.54, 1.807) is 19.0 Å². The SMILES string of the molecule is CN(C)C(=O)NC1CCC(Nc2nccc(-c3ccc4ccccc4c3)n2)CC1. The minimum absolute atomic E-state index is 0.0205. The van der Waals surface area contributed by atoms with Crippen LogP contribution in [0.3, 0.4) is 0 Å². The fourth-order valence-electron chi connectivity index (χ4n) is 3.81. The van der Waals surface area contributed by atoms with Gasteiger partial charge < -0.3 is 15.5 Å². The van der Waals surface area contributed by atoms with E-state index in [2.05, 4.69) is 58.1 Å². The van der Waals surface area contributed by atoms with Crippen molar-refractivity contribution in [3.8, 4) is 11.3 Å². The van der Waals surface area contributed by atoms with Crippen LogP contribution in [0.15, 0.2) is 54.7 Å². The highest BCUT2D eigenvalue weighted by atomic mass is 16.2. The van der Waals surface area contributed by atoms with Crippen molar-refractivity contribution in [2.45, 2.75) is 37.8 Å². The summed E-state index contributed by atoms with van der Waals surface area (Å²) < 4.78 is 0. The van der Waals surface area contributed by atoms with Crippen molar-refractivity contribution in [2.75, 3.05) is 19.4 Å². The Kier molecular flexibility index (Phi) is 5.60. The molecule has 4 rings (SSSR count). The molecule has 1 fully saturated rings. The average Bonchev–Trinajstić information content (AvgIpc) is 2.75. The quantitative estimate of drug-likeness (QED) is 0.698. The zero-order valence-corrected chi connectivity index (χ0v) is 16.9. The van der Waals surface area contributed by atoms with Crippen LogP contribution in [0.25, 0.3) is 22.0 Å². The summed E-state index contributed by atoms with van der Waals surface area (Å²) in [7, 11) is 3.53. The van der Waals surface area contributed by atoms with Crippen molar-refractivity contribution < 1.29 is 4.79 Å². The summed E-state index contributed by atoms with van der Waals surface area (Å²) in [6.45, 7) is 0. The molecule has 1 aliphatic carbocycles. The Hall–Kier alpha value is -3.15. The molecule has 1 aliphatic rings. The minimum Gasteiger partial charge on any atom is -0.351 e. The lowest BCUT2D eigenvalue weighted by Crippen LogP contribution is -2.44. The average molecular weight is 390 g/mol. The van der Waals surface area contributed by atoms with Crippen LogP contribution < -0.4 is 10.6 Å². The number of aromatic nitrogens is 2. The summed E-state index contributed by atoms with van der Waals surface area (Å²) in [6.07, 6.45) is 5.70. The summed E-state index contributed by atoms with van der Waals surface area (Å²) in [5, 5.41) is 8.98. The number of amides is 2. The van der Waals surface area contributed by atoms with E-state index in [0.717, 1.165) is 36.9 Å².